The summed E-state index contributed by atoms with van der Waals surface area (Å²) in [7, 11) is 1.80. The van der Waals surface area contributed by atoms with Gasteiger partial charge in [-0.1, -0.05) is 12.2 Å². The minimum absolute atomic E-state index is 0.443. The van der Waals surface area contributed by atoms with Crippen molar-refractivity contribution in [3.63, 3.8) is 0 Å². The first-order valence-corrected chi connectivity index (χ1v) is 5.51. The van der Waals surface area contributed by atoms with Gasteiger partial charge in [0.25, 0.3) is 0 Å². The van der Waals surface area contributed by atoms with Gasteiger partial charge in [-0.15, -0.1) is 0 Å². The fourth-order valence-electron chi connectivity index (χ4n) is 1.67. The number of hydrogen-bond donors (Lipinski definition) is 1. The zero-order chi connectivity index (χ0) is 9.52. The molecule has 0 aromatic carbocycles. The Bertz CT molecular complexity index is 161. The lowest BCUT2D eigenvalue weighted by atomic mass is 10.1. The number of thiol groups is 1. The molecule has 3 heteroatoms. The molecular weight excluding hydrogens is 182 g/mol. The SMILES string of the molecule is COC1CCCN(C/C=C/CS)C1. The molecule has 1 heterocycles. The summed E-state index contributed by atoms with van der Waals surface area (Å²) in [6, 6.07) is 0. The van der Waals surface area contributed by atoms with E-state index in [1.807, 2.05) is 0 Å². The smallest absolute Gasteiger partial charge is 0.0698 e. The second-order valence-electron chi connectivity index (χ2n) is 3.41. The Morgan fingerprint density at radius 2 is 2.38 bits per heavy atom. The lowest BCUT2D eigenvalue weighted by Crippen LogP contribution is -2.39. The van der Waals surface area contributed by atoms with E-state index in [1.54, 1.807) is 7.11 Å². The van der Waals surface area contributed by atoms with E-state index >= 15 is 0 Å². The van der Waals surface area contributed by atoms with Crippen LogP contribution in [0.25, 0.3) is 0 Å². The quantitative estimate of drug-likeness (QED) is 0.548. The van der Waals surface area contributed by atoms with Gasteiger partial charge in [0.05, 0.1) is 6.10 Å². The number of ether oxygens (including phenoxy) is 1. The van der Waals surface area contributed by atoms with Crippen molar-refractivity contribution in [2.24, 2.45) is 0 Å². The standard InChI is InChI=1S/C10H19NOS/c1-12-10-5-4-7-11(9-10)6-2-3-8-13/h2-3,10,13H,4-9H2,1H3/b3-2+. The lowest BCUT2D eigenvalue weighted by molar-refractivity contribution is 0.0356. The number of rotatable bonds is 4. The van der Waals surface area contributed by atoms with Crippen LogP contribution >= 0.6 is 12.6 Å². The van der Waals surface area contributed by atoms with Crippen LogP contribution in [-0.4, -0.2) is 43.5 Å². The molecule has 13 heavy (non-hydrogen) atoms. The largest absolute Gasteiger partial charge is 0.380 e. The third kappa shape index (κ3) is 4.16. The summed E-state index contributed by atoms with van der Waals surface area (Å²) in [5.74, 6) is 0.835. The predicted molar refractivity (Wildman–Crippen MR) is 59.5 cm³/mol. The molecule has 0 amide bonds. The zero-order valence-electron chi connectivity index (χ0n) is 8.28. The van der Waals surface area contributed by atoms with Crippen LogP contribution in [0.2, 0.25) is 0 Å². The van der Waals surface area contributed by atoms with E-state index in [0.717, 1.165) is 18.8 Å². The first kappa shape index (κ1) is 11.1. The van der Waals surface area contributed by atoms with Crippen molar-refractivity contribution in [1.29, 1.82) is 0 Å². The highest BCUT2D eigenvalue weighted by molar-refractivity contribution is 7.80. The van der Waals surface area contributed by atoms with E-state index in [9.17, 15) is 0 Å². The van der Waals surface area contributed by atoms with Gasteiger partial charge in [-0.25, -0.2) is 0 Å². The molecule has 1 aliphatic heterocycles. The first-order chi connectivity index (χ1) is 6.36. The van der Waals surface area contributed by atoms with Gasteiger partial charge in [-0.3, -0.25) is 4.90 Å². The van der Waals surface area contributed by atoms with Crippen LogP contribution in [0.5, 0.6) is 0 Å². The van der Waals surface area contributed by atoms with E-state index < -0.39 is 0 Å². The van der Waals surface area contributed by atoms with Gasteiger partial charge in [0, 0.05) is 26.0 Å². The molecule has 0 saturated carbocycles. The second-order valence-corrected chi connectivity index (χ2v) is 3.78. The third-order valence-corrected chi connectivity index (χ3v) is 2.64. The number of likely N-dealkylation sites (tertiary alicyclic amines) is 1. The number of piperidine rings is 1. The van der Waals surface area contributed by atoms with E-state index in [4.69, 9.17) is 4.74 Å². The monoisotopic (exact) mass is 201 g/mol. The molecule has 0 N–H and O–H groups in total. The van der Waals surface area contributed by atoms with Gasteiger partial charge >= 0.3 is 0 Å². The van der Waals surface area contributed by atoms with Crippen LogP contribution in [0.1, 0.15) is 12.8 Å². The molecule has 76 valence electrons. The molecule has 0 aromatic heterocycles. The minimum atomic E-state index is 0.443. The molecule has 0 radical (unpaired) electrons. The molecule has 0 bridgehead atoms. The maximum Gasteiger partial charge on any atom is 0.0698 e. The second kappa shape index (κ2) is 6.46. The molecule has 2 nitrogen and oxygen atoms in total. The van der Waals surface area contributed by atoms with Crippen LogP contribution in [-0.2, 0) is 4.74 Å². The third-order valence-electron chi connectivity index (χ3n) is 2.43. The van der Waals surface area contributed by atoms with Gasteiger partial charge in [-0.05, 0) is 19.4 Å². The van der Waals surface area contributed by atoms with Crippen molar-refractivity contribution in [2.75, 3.05) is 32.5 Å². The summed E-state index contributed by atoms with van der Waals surface area (Å²) in [5, 5.41) is 0. The predicted octanol–water partition coefficient (Wildman–Crippen LogP) is 1.58. The van der Waals surface area contributed by atoms with E-state index in [2.05, 4.69) is 29.7 Å². The Labute approximate surface area is 86.4 Å². The highest BCUT2D eigenvalue weighted by Crippen LogP contribution is 2.11. The molecule has 1 rings (SSSR count). The van der Waals surface area contributed by atoms with Gasteiger partial charge < -0.3 is 4.74 Å². The molecule has 1 fully saturated rings. The molecule has 0 aromatic rings. The average Bonchev–Trinajstić information content (AvgIpc) is 2.19. The van der Waals surface area contributed by atoms with Crippen molar-refractivity contribution in [3.8, 4) is 0 Å². The fourth-order valence-corrected chi connectivity index (χ4v) is 1.82. The summed E-state index contributed by atoms with van der Waals surface area (Å²) in [4.78, 5) is 2.43. The van der Waals surface area contributed by atoms with Gasteiger partial charge in [0.15, 0.2) is 0 Å². The normalized spacial score (nSPS) is 25.5. The number of nitrogens with zero attached hydrogens (tertiary/aromatic N) is 1. The Morgan fingerprint density at radius 3 is 3.08 bits per heavy atom. The maximum absolute atomic E-state index is 5.35. The Kier molecular flexibility index (Phi) is 5.51. The summed E-state index contributed by atoms with van der Waals surface area (Å²) in [6.45, 7) is 3.32. The van der Waals surface area contributed by atoms with Gasteiger partial charge in [-0.2, -0.15) is 12.6 Å². The van der Waals surface area contributed by atoms with Crippen LogP contribution in [0.15, 0.2) is 12.2 Å². The van der Waals surface area contributed by atoms with Crippen molar-refractivity contribution in [3.05, 3.63) is 12.2 Å². The summed E-state index contributed by atoms with van der Waals surface area (Å²) >= 11 is 4.12. The van der Waals surface area contributed by atoms with E-state index in [0.29, 0.717) is 6.10 Å². The minimum Gasteiger partial charge on any atom is -0.380 e. The van der Waals surface area contributed by atoms with Crippen LogP contribution in [0.3, 0.4) is 0 Å². The van der Waals surface area contributed by atoms with Crippen molar-refractivity contribution >= 4 is 12.6 Å². The van der Waals surface area contributed by atoms with E-state index in [-0.39, 0.29) is 0 Å². The maximum atomic E-state index is 5.35. The molecule has 1 atom stereocenters. The first-order valence-electron chi connectivity index (χ1n) is 4.88. The zero-order valence-corrected chi connectivity index (χ0v) is 9.17. The van der Waals surface area contributed by atoms with Crippen molar-refractivity contribution < 1.29 is 4.74 Å². The van der Waals surface area contributed by atoms with Crippen molar-refractivity contribution in [1.82, 2.24) is 4.90 Å². The van der Waals surface area contributed by atoms with Crippen LogP contribution in [0.4, 0.5) is 0 Å². The van der Waals surface area contributed by atoms with Gasteiger partial charge in [0.2, 0.25) is 0 Å². The Balaban J connectivity index is 2.21. The summed E-state index contributed by atoms with van der Waals surface area (Å²) < 4.78 is 5.35. The molecule has 1 aliphatic rings. The van der Waals surface area contributed by atoms with Crippen molar-refractivity contribution in [2.45, 2.75) is 18.9 Å². The van der Waals surface area contributed by atoms with E-state index in [1.165, 1.54) is 19.4 Å². The lowest BCUT2D eigenvalue weighted by Gasteiger charge is -2.30. The fraction of sp³-hybridized carbons (Fsp3) is 0.800. The number of methoxy groups -OCH3 is 1. The van der Waals surface area contributed by atoms with Crippen LogP contribution < -0.4 is 0 Å². The molecule has 1 unspecified atom stereocenters. The molecule has 0 aliphatic carbocycles. The molecule has 1 saturated heterocycles. The average molecular weight is 201 g/mol. The highest BCUT2D eigenvalue weighted by Gasteiger charge is 2.17. The topological polar surface area (TPSA) is 12.5 Å². The number of hydrogen-bond acceptors (Lipinski definition) is 3. The molecular formula is C10H19NOS. The molecule has 0 spiro atoms. The Morgan fingerprint density at radius 1 is 1.54 bits per heavy atom. The van der Waals surface area contributed by atoms with Gasteiger partial charge in [0.1, 0.15) is 0 Å². The summed E-state index contributed by atoms with van der Waals surface area (Å²) in [6.07, 6.45) is 7.19. The van der Waals surface area contributed by atoms with Crippen LogP contribution in [0, 0.1) is 0 Å². The Hall–Kier alpha value is 0.01000. The highest BCUT2D eigenvalue weighted by atomic mass is 32.1. The summed E-state index contributed by atoms with van der Waals surface area (Å²) in [5.41, 5.74) is 0.